The maximum Gasteiger partial charge on any atom is 0.419 e. The minimum Gasteiger partial charge on any atom is -0.289 e. The van der Waals surface area contributed by atoms with Crippen molar-refractivity contribution >= 4 is 22.7 Å². The molecule has 2 rings (SSSR count). The summed E-state index contributed by atoms with van der Waals surface area (Å²) in [5.41, 5.74) is -0.0676. The topological polar surface area (TPSA) is 30.0 Å². The number of halogens is 6. The van der Waals surface area contributed by atoms with Crippen LogP contribution < -0.4 is 0 Å². The Balaban J connectivity index is 2.01. The number of aromatic nitrogens is 1. The van der Waals surface area contributed by atoms with Crippen LogP contribution in [0.1, 0.15) is 57.9 Å². The van der Waals surface area contributed by atoms with E-state index in [1.165, 1.54) is 18.3 Å². The zero-order valence-electron chi connectivity index (χ0n) is 16.2. The first-order chi connectivity index (χ1) is 14.0. The summed E-state index contributed by atoms with van der Waals surface area (Å²) in [5, 5.41) is -0.296. The molecule has 0 atom stereocenters. The van der Waals surface area contributed by atoms with Crippen molar-refractivity contribution in [1.82, 2.24) is 4.98 Å². The van der Waals surface area contributed by atoms with Crippen molar-refractivity contribution in [2.24, 2.45) is 0 Å². The number of ketones is 1. The van der Waals surface area contributed by atoms with Crippen LogP contribution in [0.2, 0.25) is 0 Å². The molecule has 0 unspecified atom stereocenters. The lowest BCUT2D eigenvalue weighted by Crippen LogP contribution is -2.12. The van der Waals surface area contributed by atoms with Crippen LogP contribution in [0.25, 0.3) is 5.57 Å². The van der Waals surface area contributed by atoms with E-state index in [4.69, 9.17) is 0 Å². The number of allylic oxidation sites excluding steroid dienone is 2. The molecule has 0 aliphatic carbocycles. The van der Waals surface area contributed by atoms with Gasteiger partial charge in [0.25, 0.3) is 0 Å². The molecule has 0 saturated carbocycles. The molecule has 0 spiro atoms. The molecule has 0 saturated heterocycles. The van der Waals surface area contributed by atoms with Gasteiger partial charge in [-0.05, 0) is 26.2 Å². The second kappa shape index (κ2) is 10.2. The van der Waals surface area contributed by atoms with E-state index in [-0.39, 0.29) is 17.0 Å². The molecule has 30 heavy (non-hydrogen) atoms. The zero-order valence-corrected chi connectivity index (χ0v) is 17.1. The smallest absolute Gasteiger partial charge is 0.289 e. The average molecular weight is 449 g/mol. The maximum absolute atomic E-state index is 13.5. The van der Waals surface area contributed by atoms with E-state index >= 15 is 0 Å². The molecule has 2 nitrogen and oxygen atoms in total. The standard InChI is InChI=1S/C21H21F6NOS/c1-14-7-9-15(10-8-14)18(29)12-17(21(25,26)27)19-28-13-16(30-19)6-4-2-3-5-11-20(22,23)24/h7-10,12-13H,2-6,11H2,1H3. The van der Waals surface area contributed by atoms with Gasteiger partial charge in [-0.25, -0.2) is 4.98 Å². The van der Waals surface area contributed by atoms with Crippen LogP contribution in [0.5, 0.6) is 0 Å². The number of rotatable bonds is 9. The molecule has 2 aromatic rings. The fourth-order valence-electron chi connectivity index (χ4n) is 2.72. The molecule has 0 fully saturated rings. The van der Waals surface area contributed by atoms with Gasteiger partial charge in [0.05, 0.1) is 5.57 Å². The Morgan fingerprint density at radius 3 is 2.23 bits per heavy atom. The van der Waals surface area contributed by atoms with E-state index < -0.39 is 30.1 Å². The summed E-state index contributed by atoms with van der Waals surface area (Å²) >= 11 is 0.844. The molecule has 1 aromatic carbocycles. The number of hydrogen-bond donors (Lipinski definition) is 0. The van der Waals surface area contributed by atoms with Crippen molar-refractivity contribution in [2.45, 2.75) is 57.8 Å². The van der Waals surface area contributed by atoms with Crippen LogP contribution in [0.15, 0.2) is 36.5 Å². The van der Waals surface area contributed by atoms with Gasteiger partial charge in [0.2, 0.25) is 0 Å². The van der Waals surface area contributed by atoms with Gasteiger partial charge in [0, 0.05) is 29.1 Å². The lowest BCUT2D eigenvalue weighted by atomic mass is 10.1. The molecule has 9 heteroatoms. The number of carbonyl (C=O) groups excluding carboxylic acids is 1. The summed E-state index contributed by atoms with van der Waals surface area (Å²) in [6, 6.07) is 6.22. The second-order valence-electron chi connectivity index (χ2n) is 6.95. The quantitative estimate of drug-likeness (QED) is 0.174. The first-order valence-corrected chi connectivity index (χ1v) is 10.2. The molecule has 0 N–H and O–H groups in total. The first-order valence-electron chi connectivity index (χ1n) is 9.37. The largest absolute Gasteiger partial charge is 0.419 e. The highest BCUT2D eigenvalue weighted by atomic mass is 32.1. The second-order valence-corrected chi connectivity index (χ2v) is 8.06. The van der Waals surface area contributed by atoms with E-state index in [9.17, 15) is 31.1 Å². The Morgan fingerprint density at radius 2 is 1.63 bits per heavy atom. The third-order valence-corrected chi connectivity index (χ3v) is 5.42. The van der Waals surface area contributed by atoms with E-state index in [1.54, 1.807) is 19.1 Å². The van der Waals surface area contributed by atoms with Crippen LogP contribution in [0.3, 0.4) is 0 Å². The fourth-order valence-corrected chi connectivity index (χ4v) is 3.71. The lowest BCUT2D eigenvalue weighted by molar-refractivity contribution is -0.135. The number of nitrogens with zero attached hydrogens (tertiary/aromatic N) is 1. The highest BCUT2D eigenvalue weighted by Crippen LogP contribution is 2.36. The third kappa shape index (κ3) is 7.93. The molecule has 0 bridgehead atoms. The summed E-state index contributed by atoms with van der Waals surface area (Å²) < 4.78 is 76.8. The minimum absolute atomic E-state index is 0.0412. The van der Waals surface area contributed by atoms with Crippen LogP contribution in [0, 0.1) is 6.92 Å². The van der Waals surface area contributed by atoms with Gasteiger partial charge in [-0.1, -0.05) is 42.7 Å². The van der Waals surface area contributed by atoms with Gasteiger partial charge in [-0.2, -0.15) is 26.3 Å². The van der Waals surface area contributed by atoms with Crippen molar-refractivity contribution in [2.75, 3.05) is 0 Å². The van der Waals surface area contributed by atoms with Gasteiger partial charge >= 0.3 is 12.4 Å². The zero-order chi connectivity index (χ0) is 22.4. The lowest BCUT2D eigenvalue weighted by Gasteiger charge is -2.09. The van der Waals surface area contributed by atoms with Crippen LogP contribution in [-0.2, 0) is 6.42 Å². The molecule has 0 amide bonds. The van der Waals surface area contributed by atoms with E-state index in [2.05, 4.69) is 4.98 Å². The summed E-state index contributed by atoms with van der Waals surface area (Å²) in [6.45, 7) is 1.80. The molecular formula is C21H21F6NOS. The number of carbonyl (C=O) groups is 1. The van der Waals surface area contributed by atoms with Crippen LogP contribution in [0.4, 0.5) is 26.3 Å². The number of benzene rings is 1. The summed E-state index contributed by atoms with van der Waals surface area (Å²) in [4.78, 5) is 16.7. The SMILES string of the molecule is Cc1ccc(C(=O)C=C(c2ncc(CCCCCCC(F)(F)F)s2)C(F)(F)F)cc1. The van der Waals surface area contributed by atoms with Crippen molar-refractivity contribution in [3.8, 4) is 0 Å². The number of aryl methyl sites for hydroxylation is 2. The molecule has 1 heterocycles. The van der Waals surface area contributed by atoms with Gasteiger partial charge in [0.1, 0.15) is 5.01 Å². The number of unbranched alkanes of at least 4 members (excludes halogenated alkanes) is 3. The highest BCUT2D eigenvalue weighted by molar-refractivity contribution is 7.12. The average Bonchev–Trinajstić information content (AvgIpc) is 3.09. The van der Waals surface area contributed by atoms with E-state index in [0.29, 0.717) is 36.6 Å². The maximum atomic E-state index is 13.5. The molecular weight excluding hydrogens is 428 g/mol. The Kier molecular flexibility index (Phi) is 8.23. The van der Waals surface area contributed by atoms with Gasteiger partial charge in [0.15, 0.2) is 5.78 Å². The van der Waals surface area contributed by atoms with Crippen molar-refractivity contribution in [1.29, 1.82) is 0 Å². The number of alkyl halides is 6. The Hall–Kier alpha value is -2.16. The fraction of sp³-hybridized carbons (Fsp3) is 0.429. The van der Waals surface area contributed by atoms with Gasteiger partial charge in [-0.3, -0.25) is 4.79 Å². The molecule has 1 aromatic heterocycles. The summed E-state index contributed by atoms with van der Waals surface area (Å²) in [5.74, 6) is -0.760. The predicted octanol–water partition coefficient (Wildman–Crippen LogP) is 7.34. The van der Waals surface area contributed by atoms with E-state index in [0.717, 1.165) is 16.9 Å². The first kappa shape index (κ1) is 24.1. The Bertz CT molecular complexity index is 865. The monoisotopic (exact) mass is 449 g/mol. The van der Waals surface area contributed by atoms with Gasteiger partial charge < -0.3 is 0 Å². The van der Waals surface area contributed by atoms with Crippen molar-refractivity contribution in [3.05, 3.63) is 57.6 Å². The minimum atomic E-state index is -4.74. The molecule has 164 valence electrons. The molecule has 0 radical (unpaired) electrons. The number of thiazole rings is 1. The molecule has 0 aliphatic rings. The summed E-state index contributed by atoms with van der Waals surface area (Å²) in [6.07, 6.45) is -5.85. The van der Waals surface area contributed by atoms with Gasteiger partial charge in [-0.15, -0.1) is 11.3 Å². The van der Waals surface area contributed by atoms with Crippen molar-refractivity contribution < 1.29 is 31.1 Å². The van der Waals surface area contributed by atoms with Crippen LogP contribution in [-0.4, -0.2) is 23.1 Å². The number of hydrogen-bond acceptors (Lipinski definition) is 3. The highest BCUT2D eigenvalue weighted by Gasteiger charge is 2.37. The van der Waals surface area contributed by atoms with Crippen LogP contribution >= 0.6 is 11.3 Å². The van der Waals surface area contributed by atoms with Crippen molar-refractivity contribution in [3.63, 3.8) is 0 Å². The molecule has 0 aliphatic heterocycles. The predicted molar refractivity (Wildman–Crippen MR) is 104 cm³/mol. The summed E-state index contributed by atoms with van der Waals surface area (Å²) in [7, 11) is 0. The Labute approximate surface area is 174 Å². The third-order valence-electron chi connectivity index (χ3n) is 4.33. The normalized spacial score (nSPS) is 13.0. The Morgan fingerprint density at radius 1 is 1.00 bits per heavy atom. The van der Waals surface area contributed by atoms with E-state index in [1.807, 2.05) is 0 Å².